The molecule has 5 rings (SSSR count). The molecule has 2 aromatic carbocycles. The molecule has 9 N–H and O–H groups in total. The van der Waals surface area contributed by atoms with Crippen LogP contribution >= 0.6 is 0 Å². The van der Waals surface area contributed by atoms with Gasteiger partial charge in [0.15, 0.2) is 11.0 Å². The average molecular weight is 548 g/mol. The Balaban J connectivity index is 1.80. The molecule has 2 aliphatic heterocycles. The first kappa shape index (κ1) is 27.5. The van der Waals surface area contributed by atoms with Crippen molar-refractivity contribution in [1.82, 2.24) is 0 Å². The SMILES string of the molecule is O=c1cc(-c2ccccc2)oc2c([C@@H]3OC[C@@H](O)[C@@H](O)[C@@H]3O)c(O)c([C@@H]3O[C@@H](CO)[C@@H](O)[C@@H](O)[C@H]3O)c(O)c12. The highest BCUT2D eigenvalue weighted by Gasteiger charge is 2.48. The second-order valence-corrected chi connectivity index (χ2v) is 9.62. The van der Waals surface area contributed by atoms with Gasteiger partial charge in [-0.3, -0.25) is 4.79 Å². The normalized spacial score (nSPS) is 33.4. The van der Waals surface area contributed by atoms with Crippen molar-refractivity contribution in [3.05, 3.63) is 57.7 Å². The van der Waals surface area contributed by atoms with Crippen LogP contribution in [0.3, 0.4) is 0 Å². The zero-order chi connectivity index (χ0) is 28.2. The number of rotatable bonds is 4. The van der Waals surface area contributed by atoms with Crippen molar-refractivity contribution in [2.24, 2.45) is 0 Å². The molecule has 210 valence electrons. The number of phenolic OH excluding ortho intramolecular Hbond substituents is 2. The highest BCUT2D eigenvalue weighted by Crippen LogP contribution is 2.50. The smallest absolute Gasteiger partial charge is 0.197 e. The summed E-state index contributed by atoms with van der Waals surface area (Å²) in [4.78, 5) is 13.4. The monoisotopic (exact) mass is 548 g/mol. The van der Waals surface area contributed by atoms with Crippen molar-refractivity contribution < 1.29 is 59.8 Å². The minimum atomic E-state index is -1.95. The van der Waals surface area contributed by atoms with E-state index in [2.05, 4.69) is 0 Å². The Kier molecular flexibility index (Phi) is 7.37. The van der Waals surface area contributed by atoms with E-state index in [4.69, 9.17) is 13.9 Å². The second kappa shape index (κ2) is 10.5. The molecule has 2 saturated heterocycles. The van der Waals surface area contributed by atoms with Gasteiger partial charge in [-0.1, -0.05) is 30.3 Å². The maximum absolute atomic E-state index is 13.4. The standard InChI is InChI=1S/C26H28O13/c27-7-13-18(31)21(34)23(36)26(39-13)15-19(32)14-10(28)6-12(9-4-2-1-3-5-9)38-24(14)16(20(15)33)25-22(35)17(30)11(29)8-37-25/h1-6,11,13,17-18,21-23,25-27,29-36H,7-8H2/t11-,13+,17-,18-,21-,22+,23-,25+,26+/m1/s1. The zero-order valence-electron chi connectivity index (χ0n) is 20.2. The molecule has 2 fully saturated rings. The lowest BCUT2D eigenvalue weighted by molar-refractivity contribution is -0.232. The molecule has 13 heteroatoms. The second-order valence-electron chi connectivity index (χ2n) is 9.62. The molecule has 0 amide bonds. The van der Waals surface area contributed by atoms with E-state index in [0.29, 0.717) is 5.56 Å². The van der Waals surface area contributed by atoms with Crippen LogP contribution < -0.4 is 5.43 Å². The van der Waals surface area contributed by atoms with E-state index in [1.165, 1.54) is 0 Å². The summed E-state index contributed by atoms with van der Waals surface area (Å²) in [6.07, 6.45) is -15.4. The molecule has 3 aromatic rings. The van der Waals surface area contributed by atoms with Crippen LogP contribution in [0.5, 0.6) is 11.5 Å². The molecule has 0 saturated carbocycles. The molecule has 9 atom stereocenters. The fraction of sp³-hybridized carbons (Fsp3) is 0.423. The summed E-state index contributed by atoms with van der Waals surface area (Å²) in [5.74, 6) is -1.75. The molecular formula is C26H28O13. The van der Waals surface area contributed by atoms with Crippen molar-refractivity contribution in [3.63, 3.8) is 0 Å². The molecule has 2 aliphatic rings. The molecule has 0 radical (unpaired) electrons. The van der Waals surface area contributed by atoms with Gasteiger partial charge in [0, 0.05) is 11.6 Å². The predicted molar refractivity (Wildman–Crippen MR) is 131 cm³/mol. The Morgan fingerprint density at radius 3 is 2.13 bits per heavy atom. The Hall–Kier alpha value is -3.11. The van der Waals surface area contributed by atoms with Crippen LogP contribution in [0.1, 0.15) is 23.3 Å². The topological polar surface area (TPSA) is 231 Å². The van der Waals surface area contributed by atoms with Crippen molar-refractivity contribution in [3.8, 4) is 22.8 Å². The number of phenols is 2. The van der Waals surface area contributed by atoms with Gasteiger partial charge in [-0.05, 0) is 0 Å². The molecule has 1 aromatic heterocycles. The molecular weight excluding hydrogens is 520 g/mol. The number of fused-ring (bicyclic) bond motifs is 1. The summed E-state index contributed by atoms with van der Waals surface area (Å²) in [5.41, 5.74) is -1.79. The molecule has 0 aliphatic carbocycles. The fourth-order valence-corrected chi connectivity index (χ4v) is 5.09. The lowest BCUT2D eigenvalue weighted by Crippen LogP contribution is -2.55. The first-order valence-electron chi connectivity index (χ1n) is 12.1. The number of aliphatic hydroxyl groups is 7. The van der Waals surface area contributed by atoms with Crippen LogP contribution in [0.15, 0.2) is 45.6 Å². The van der Waals surface area contributed by atoms with E-state index in [0.717, 1.165) is 6.07 Å². The number of hydrogen-bond acceptors (Lipinski definition) is 13. The van der Waals surface area contributed by atoms with Gasteiger partial charge in [0.1, 0.15) is 77.6 Å². The third-order valence-corrected chi connectivity index (χ3v) is 7.21. The van der Waals surface area contributed by atoms with Crippen LogP contribution in [0.2, 0.25) is 0 Å². The van der Waals surface area contributed by atoms with Gasteiger partial charge in [0.2, 0.25) is 0 Å². The molecule has 3 heterocycles. The average Bonchev–Trinajstić information content (AvgIpc) is 2.93. The molecule has 0 bridgehead atoms. The first-order chi connectivity index (χ1) is 18.6. The van der Waals surface area contributed by atoms with Gasteiger partial charge in [0.25, 0.3) is 0 Å². The van der Waals surface area contributed by atoms with E-state index in [1.54, 1.807) is 30.3 Å². The van der Waals surface area contributed by atoms with Crippen molar-refractivity contribution >= 4 is 11.0 Å². The Labute approximate surface area is 220 Å². The number of hydrogen-bond donors (Lipinski definition) is 9. The van der Waals surface area contributed by atoms with E-state index < -0.39 is 107 Å². The van der Waals surface area contributed by atoms with Gasteiger partial charge in [-0.25, -0.2) is 0 Å². The van der Waals surface area contributed by atoms with E-state index in [-0.39, 0.29) is 5.76 Å². The molecule has 39 heavy (non-hydrogen) atoms. The summed E-state index contributed by atoms with van der Waals surface area (Å²) < 4.78 is 17.0. The van der Waals surface area contributed by atoms with Crippen LogP contribution in [0.4, 0.5) is 0 Å². The molecule has 0 spiro atoms. The zero-order valence-corrected chi connectivity index (χ0v) is 20.2. The third kappa shape index (κ3) is 4.47. The minimum Gasteiger partial charge on any atom is -0.507 e. The van der Waals surface area contributed by atoms with Crippen LogP contribution in [0.25, 0.3) is 22.3 Å². The fourth-order valence-electron chi connectivity index (χ4n) is 5.09. The van der Waals surface area contributed by atoms with Crippen molar-refractivity contribution in [1.29, 1.82) is 0 Å². The lowest BCUT2D eigenvalue weighted by Gasteiger charge is -2.41. The summed E-state index contributed by atoms with van der Waals surface area (Å²) in [5, 5.41) is 94.0. The van der Waals surface area contributed by atoms with Gasteiger partial charge in [-0.15, -0.1) is 0 Å². The Morgan fingerprint density at radius 2 is 1.46 bits per heavy atom. The van der Waals surface area contributed by atoms with Gasteiger partial charge in [-0.2, -0.15) is 0 Å². The number of aliphatic hydroxyl groups excluding tert-OH is 7. The Bertz CT molecular complexity index is 1400. The van der Waals surface area contributed by atoms with Crippen molar-refractivity contribution in [2.45, 2.75) is 54.9 Å². The Morgan fingerprint density at radius 1 is 0.795 bits per heavy atom. The van der Waals surface area contributed by atoms with Crippen molar-refractivity contribution in [2.75, 3.05) is 13.2 Å². The van der Waals surface area contributed by atoms with E-state index in [1.807, 2.05) is 0 Å². The third-order valence-electron chi connectivity index (χ3n) is 7.21. The van der Waals surface area contributed by atoms with E-state index >= 15 is 0 Å². The van der Waals surface area contributed by atoms with E-state index in [9.17, 15) is 50.8 Å². The first-order valence-corrected chi connectivity index (χ1v) is 12.1. The lowest BCUT2D eigenvalue weighted by atomic mass is 9.85. The number of benzene rings is 2. The summed E-state index contributed by atoms with van der Waals surface area (Å²) >= 11 is 0. The maximum Gasteiger partial charge on any atom is 0.197 e. The van der Waals surface area contributed by atoms with Gasteiger partial charge < -0.3 is 59.8 Å². The predicted octanol–water partition coefficient (Wildman–Crippen LogP) is -1.46. The van der Waals surface area contributed by atoms with Crippen LogP contribution in [0, 0.1) is 0 Å². The highest BCUT2D eigenvalue weighted by molar-refractivity contribution is 5.91. The van der Waals surface area contributed by atoms with Crippen LogP contribution in [-0.2, 0) is 9.47 Å². The van der Waals surface area contributed by atoms with Gasteiger partial charge >= 0.3 is 0 Å². The number of aromatic hydroxyl groups is 2. The summed E-state index contributed by atoms with van der Waals surface area (Å²) in [6.45, 7) is -1.29. The maximum atomic E-state index is 13.4. The molecule has 0 unspecified atom stereocenters. The van der Waals surface area contributed by atoms with Gasteiger partial charge in [0.05, 0.1) is 24.3 Å². The summed E-state index contributed by atoms with van der Waals surface area (Å²) in [6, 6.07) is 9.45. The largest absolute Gasteiger partial charge is 0.507 e. The summed E-state index contributed by atoms with van der Waals surface area (Å²) in [7, 11) is 0. The quantitative estimate of drug-likeness (QED) is 0.182. The number of ether oxygens (including phenoxy) is 2. The highest BCUT2D eigenvalue weighted by atomic mass is 16.5. The minimum absolute atomic E-state index is 0.0274. The van der Waals surface area contributed by atoms with Crippen LogP contribution in [-0.4, -0.2) is 102 Å². The molecule has 13 nitrogen and oxygen atoms in total.